The van der Waals surface area contributed by atoms with Crippen LogP contribution in [0.2, 0.25) is 0 Å². The summed E-state index contributed by atoms with van der Waals surface area (Å²) < 4.78 is 22.7. The molecule has 20 heavy (non-hydrogen) atoms. The molecule has 1 unspecified atom stereocenters. The van der Waals surface area contributed by atoms with Gasteiger partial charge in [0, 0.05) is 12.6 Å². The van der Waals surface area contributed by atoms with E-state index in [0.717, 1.165) is 0 Å². The Balaban J connectivity index is 2.12. The SMILES string of the molecule is N#Cc1ccc([N+](=O)[O-])c(NCC2CCS(=O)(=O)C2)c1. The van der Waals surface area contributed by atoms with Crippen molar-refractivity contribution in [2.24, 2.45) is 5.92 Å². The zero-order chi connectivity index (χ0) is 14.8. The third kappa shape index (κ3) is 3.24. The molecule has 8 heteroatoms. The second-order valence-corrected chi connectivity index (χ2v) is 6.98. The number of benzene rings is 1. The summed E-state index contributed by atoms with van der Waals surface area (Å²) in [6, 6.07) is 5.97. The first kappa shape index (κ1) is 14.3. The molecule has 0 radical (unpaired) electrons. The number of nitriles is 1. The highest BCUT2D eigenvalue weighted by atomic mass is 32.2. The molecule has 106 valence electrons. The molecule has 1 saturated heterocycles. The molecule has 0 spiro atoms. The largest absolute Gasteiger partial charge is 0.379 e. The van der Waals surface area contributed by atoms with Crippen LogP contribution in [0.25, 0.3) is 0 Å². The van der Waals surface area contributed by atoms with Crippen LogP contribution in [0.4, 0.5) is 11.4 Å². The Morgan fingerprint density at radius 2 is 2.25 bits per heavy atom. The van der Waals surface area contributed by atoms with Crippen LogP contribution in [-0.2, 0) is 9.84 Å². The van der Waals surface area contributed by atoms with E-state index in [2.05, 4.69) is 5.32 Å². The Hall–Kier alpha value is -2.14. The lowest BCUT2D eigenvalue weighted by atomic mass is 10.1. The minimum absolute atomic E-state index is 0.0506. The first-order valence-electron chi connectivity index (χ1n) is 6.04. The maximum atomic E-state index is 11.3. The molecule has 1 atom stereocenters. The Morgan fingerprint density at radius 3 is 2.80 bits per heavy atom. The monoisotopic (exact) mass is 295 g/mol. The van der Waals surface area contributed by atoms with Gasteiger partial charge in [0.05, 0.1) is 28.1 Å². The van der Waals surface area contributed by atoms with Gasteiger partial charge in [-0.25, -0.2) is 8.42 Å². The number of nitro groups is 1. The minimum Gasteiger partial charge on any atom is -0.379 e. The van der Waals surface area contributed by atoms with Gasteiger partial charge in [-0.05, 0) is 24.5 Å². The average Bonchev–Trinajstić information content (AvgIpc) is 2.75. The summed E-state index contributed by atoms with van der Waals surface area (Å²) in [5, 5.41) is 22.6. The van der Waals surface area contributed by atoms with E-state index < -0.39 is 14.8 Å². The highest BCUT2D eigenvalue weighted by molar-refractivity contribution is 7.91. The van der Waals surface area contributed by atoms with E-state index in [4.69, 9.17) is 5.26 Å². The fraction of sp³-hybridized carbons (Fsp3) is 0.417. The lowest BCUT2D eigenvalue weighted by molar-refractivity contribution is -0.384. The minimum atomic E-state index is -2.97. The van der Waals surface area contributed by atoms with E-state index in [1.807, 2.05) is 6.07 Å². The van der Waals surface area contributed by atoms with Crippen LogP contribution in [-0.4, -0.2) is 31.4 Å². The molecular formula is C12H13N3O4S. The smallest absolute Gasteiger partial charge is 0.292 e. The lowest BCUT2D eigenvalue weighted by Gasteiger charge is -2.11. The van der Waals surface area contributed by atoms with E-state index in [1.54, 1.807) is 0 Å². The van der Waals surface area contributed by atoms with Gasteiger partial charge in [-0.3, -0.25) is 10.1 Å². The average molecular weight is 295 g/mol. The number of nitro benzene ring substituents is 1. The van der Waals surface area contributed by atoms with E-state index in [9.17, 15) is 18.5 Å². The first-order chi connectivity index (χ1) is 9.41. The molecule has 2 rings (SSSR count). The Labute approximate surface area is 116 Å². The number of hydrogen-bond donors (Lipinski definition) is 1. The van der Waals surface area contributed by atoms with Crippen LogP contribution in [0.1, 0.15) is 12.0 Å². The van der Waals surface area contributed by atoms with Crippen LogP contribution < -0.4 is 5.32 Å². The normalized spacial score (nSPS) is 20.2. The molecular weight excluding hydrogens is 282 g/mol. The quantitative estimate of drug-likeness (QED) is 0.662. The van der Waals surface area contributed by atoms with Gasteiger partial charge in [0.2, 0.25) is 0 Å². The van der Waals surface area contributed by atoms with E-state index >= 15 is 0 Å². The summed E-state index contributed by atoms with van der Waals surface area (Å²) >= 11 is 0. The number of sulfone groups is 1. The number of nitrogens with zero attached hydrogens (tertiary/aromatic N) is 2. The van der Waals surface area contributed by atoms with Crippen LogP contribution >= 0.6 is 0 Å². The highest BCUT2D eigenvalue weighted by Crippen LogP contribution is 2.26. The summed E-state index contributed by atoms with van der Waals surface area (Å²) in [5.41, 5.74) is 0.445. The topological polar surface area (TPSA) is 113 Å². The zero-order valence-electron chi connectivity index (χ0n) is 10.6. The maximum absolute atomic E-state index is 11.3. The van der Waals surface area contributed by atoms with Crippen molar-refractivity contribution in [1.82, 2.24) is 0 Å². The van der Waals surface area contributed by atoms with Crippen LogP contribution in [0, 0.1) is 27.4 Å². The van der Waals surface area contributed by atoms with E-state index in [1.165, 1.54) is 18.2 Å². The van der Waals surface area contributed by atoms with Crippen molar-refractivity contribution in [1.29, 1.82) is 5.26 Å². The summed E-state index contributed by atoms with van der Waals surface area (Å²) in [7, 11) is -2.97. The fourth-order valence-electron chi connectivity index (χ4n) is 2.19. The number of hydrogen-bond acceptors (Lipinski definition) is 6. The third-order valence-electron chi connectivity index (χ3n) is 3.23. The predicted octanol–water partition coefficient (Wildman–Crippen LogP) is 1.31. The van der Waals surface area contributed by atoms with Crippen LogP contribution in [0.15, 0.2) is 18.2 Å². The fourth-order valence-corrected chi connectivity index (χ4v) is 4.06. The first-order valence-corrected chi connectivity index (χ1v) is 7.86. The van der Waals surface area contributed by atoms with E-state index in [-0.39, 0.29) is 28.8 Å². The molecule has 1 fully saturated rings. The number of rotatable bonds is 4. The Kier molecular flexibility index (Phi) is 3.90. The molecule has 0 aliphatic carbocycles. The van der Waals surface area contributed by atoms with Gasteiger partial charge in [-0.1, -0.05) is 0 Å². The van der Waals surface area contributed by atoms with Crippen molar-refractivity contribution in [3.05, 3.63) is 33.9 Å². The van der Waals surface area contributed by atoms with Gasteiger partial charge >= 0.3 is 0 Å². The molecule has 0 amide bonds. The highest BCUT2D eigenvalue weighted by Gasteiger charge is 2.28. The second-order valence-electron chi connectivity index (χ2n) is 4.75. The Morgan fingerprint density at radius 1 is 1.50 bits per heavy atom. The van der Waals surface area contributed by atoms with E-state index in [0.29, 0.717) is 18.5 Å². The predicted molar refractivity (Wildman–Crippen MR) is 73.1 cm³/mol. The molecule has 7 nitrogen and oxygen atoms in total. The van der Waals surface area contributed by atoms with Crippen molar-refractivity contribution in [2.45, 2.75) is 6.42 Å². The zero-order valence-corrected chi connectivity index (χ0v) is 11.4. The maximum Gasteiger partial charge on any atom is 0.292 e. The number of nitrogens with one attached hydrogen (secondary N) is 1. The number of anilines is 1. The molecule has 0 saturated carbocycles. The molecule has 0 aromatic heterocycles. The standard InChI is InChI=1S/C12H13N3O4S/c13-6-9-1-2-12(15(16)17)11(5-9)14-7-10-3-4-20(18,19)8-10/h1-2,5,10,14H,3-4,7-8H2. The molecule has 1 aromatic carbocycles. The van der Waals surface area contributed by atoms with Gasteiger partial charge in [0.1, 0.15) is 5.69 Å². The van der Waals surface area contributed by atoms with Gasteiger partial charge in [0.15, 0.2) is 9.84 Å². The van der Waals surface area contributed by atoms with Crippen molar-refractivity contribution < 1.29 is 13.3 Å². The molecule has 1 aromatic rings. The van der Waals surface area contributed by atoms with Gasteiger partial charge in [-0.15, -0.1) is 0 Å². The lowest BCUT2D eigenvalue weighted by Crippen LogP contribution is -2.16. The molecule has 1 aliphatic rings. The summed E-state index contributed by atoms with van der Waals surface area (Å²) in [5.74, 6) is 0.219. The van der Waals surface area contributed by atoms with Crippen molar-refractivity contribution in [2.75, 3.05) is 23.4 Å². The molecule has 0 bridgehead atoms. The van der Waals surface area contributed by atoms with Crippen LogP contribution in [0.5, 0.6) is 0 Å². The van der Waals surface area contributed by atoms with Gasteiger partial charge in [-0.2, -0.15) is 5.26 Å². The third-order valence-corrected chi connectivity index (χ3v) is 5.07. The van der Waals surface area contributed by atoms with Gasteiger partial charge < -0.3 is 5.32 Å². The molecule has 1 aliphatic heterocycles. The molecule has 1 N–H and O–H groups in total. The Bertz CT molecular complexity index is 678. The van der Waals surface area contributed by atoms with Gasteiger partial charge in [0.25, 0.3) is 5.69 Å². The molecule has 1 heterocycles. The van der Waals surface area contributed by atoms with Crippen molar-refractivity contribution in [3.8, 4) is 6.07 Å². The van der Waals surface area contributed by atoms with Crippen molar-refractivity contribution >= 4 is 21.2 Å². The van der Waals surface area contributed by atoms with Crippen molar-refractivity contribution in [3.63, 3.8) is 0 Å². The second kappa shape index (κ2) is 5.46. The summed E-state index contributed by atoms with van der Waals surface area (Å²) in [4.78, 5) is 10.4. The van der Waals surface area contributed by atoms with Crippen LogP contribution in [0.3, 0.4) is 0 Å². The summed E-state index contributed by atoms with van der Waals surface area (Å²) in [6.45, 7) is 0.342. The summed E-state index contributed by atoms with van der Waals surface area (Å²) in [6.07, 6.45) is 0.557.